The second-order valence-corrected chi connectivity index (χ2v) is 4.95. The molecular formula is C14H10Cl2N2O4. The van der Waals surface area contributed by atoms with Crippen LogP contribution < -0.4 is 10.0 Å². The van der Waals surface area contributed by atoms with Crippen LogP contribution in [0.2, 0.25) is 10.0 Å². The van der Waals surface area contributed by atoms with Crippen molar-refractivity contribution in [1.82, 2.24) is 0 Å². The molecule has 0 saturated carbocycles. The minimum Gasteiger partial charge on any atom is -0.618 e. The molecule has 0 radical (unpaired) electrons. The van der Waals surface area contributed by atoms with Crippen LogP contribution in [-0.4, -0.2) is 18.5 Å². The summed E-state index contributed by atoms with van der Waals surface area (Å²) in [5.41, 5.74) is 0.0107. The number of benzene rings is 1. The quantitative estimate of drug-likeness (QED) is 0.526. The highest BCUT2D eigenvalue weighted by atomic mass is 35.5. The molecule has 2 aromatic rings. The zero-order valence-corrected chi connectivity index (χ0v) is 12.6. The van der Waals surface area contributed by atoms with Crippen molar-refractivity contribution in [2.24, 2.45) is 0 Å². The standard InChI is InChI=1S/C14H10Cl2N2O4/c15-9-4-3-5-10(16)13(9)17-12(19)8-22-14(20)11-6-1-2-7-18(11)21/h1-7H,8H2,(H,17,19). The van der Waals surface area contributed by atoms with E-state index in [0.717, 1.165) is 6.20 Å². The van der Waals surface area contributed by atoms with Gasteiger partial charge in [0.05, 0.1) is 15.7 Å². The fourth-order valence-electron chi connectivity index (χ4n) is 1.58. The molecule has 0 aliphatic heterocycles. The van der Waals surface area contributed by atoms with Crippen molar-refractivity contribution in [2.45, 2.75) is 0 Å². The molecule has 0 bridgehead atoms. The molecule has 0 saturated heterocycles. The minimum atomic E-state index is -0.906. The highest BCUT2D eigenvalue weighted by Crippen LogP contribution is 2.29. The lowest BCUT2D eigenvalue weighted by molar-refractivity contribution is -0.608. The highest BCUT2D eigenvalue weighted by Gasteiger charge is 2.18. The SMILES string of the molecule is O=C(COC(=O)c1cccc[n+]1[O-])Nc1c(Cl)cccc1Cl. The Morgan fingerprint density at radius 1 is 1.14 bits per heavy atom. The van der Waals surface area contributed by atoms with Crippen LogP contribution in [0.25, 0.3) is 0 Å². The molecular weight excluding hydrogens is 331 g/mol. The molecule has 114 valence electrons. The van der Waals surface area contributed by atoms with Crippen LogP contribution in [0.4, 0.5) is 5.69 Å². The van der Waals surface area contributed by atoms with Crippen molar-refractivity contribution < 1.29 is 19.1 Å². The van der Waals surface area contributed by atoms with Crippen molar-refractivity contribution >= 4 is 40.8 Å². The number of para-hydroxylation sites is 1. The summed E-state index contributed by atoms with van der Waals surface area (Å²) in [7, 11) is 0. The number of ether oxygens (including phenoxy) is 1. The molecule has 1 heterocycles. The van der Waals surface area contributed by atoms with Gasteiger partial charge in [0.15, 0.2) is 12.8 Å². The predicted octanol–water partition coefficient (Wildman–Crippen LogP) is 2.42. The number of carbonyl (C=O) groups is 2. The molecule has 1 aromatic carbocycles. The molecule has 1 amide bonds. The van der Waals surface area contributed by atoms with Crippen LogP contribution in [0.5, 0.6) is 0 Å². The molecule has 0 aliphatic carbocycles. The molecule has 22 heavy (non-hydrogen) atoms. The largest absolute Gasteiger partial charge is 0.618 e. The van der Waals surface area contributed by atoms with Crippen molar-refractivity contribution in [1.29, 1.82) is 0 Å². The Hall–Kier alpha value is -2.31. The normalized spacial score (nSPS) is 10.1. The third-order valence-corrected chi connectivity index (χ3v) is 3.22. The Morgan fingerprint density at radius 3 is 2.45 bits per heavy atom. The van der Waals surface area contributed by atoms with Crippen LogP contribution in [0.3, 0.4) is 0 Å². The molecule has 8 heteroatoms. The van der Waals surface area contributed by atoms with Crippen molar-refractivity contribution in [2.75, 3.05) is 11.9 Å². The van der Waals surface area contributed by atoms with Gasteiger partial charge < -0.3 is 15.3 Å². The van der Waals surface area contributed by atoms with Gasteiger partial charge in [0.1, 0.15) is 0 Å². The van der Waals surface area contributed by atoms with Crippen LogP contribution in [0.1, 0.15) is 10.5 Å². The number of esters is 1. The topological polar surface area (TPSA) is 82.3 Å². The van der Waals surface area contributed by atoms with Gasteiger partial charge in [-0.3, -0.25) is 4.79 Å². The smallest absolute Gasteiger partial charge is 0.405 e. The zero-order valence-electron chi connectivity index (χ0n) is 11.1. The molecule has 0 fully saturated rings. The average molecular weight is 341 g/mol. The van der Waals surface area contributed by atoms with Crippen LogP contribution in [-0.2, 0) is 9.53 Å². The Bertz CT molecular complexity index is 701. The molecule has 2 rings (SSSR count). The van der Waals surface area contributed by atoms with Gasteiger partial charge in [0.2, 0.25) is 0 Å². The predicted molar refractivity (Wildman–Crippen MR) is 80.8 cm³/mol. The lowest BCUT2D eigenvalue weighted by atomic mass is 10.3. The summed E-state index contributed by atoms with van der Waals surface area (Å²) in [4.78, 5) is 23.4. The van der Waals surface area contributed by atoms with Crippen molar-refractivity contribution in [3.8, 4) is 0 Å². The summed E-state index contributed by atoms with van der Waals surface area (Å²) in [6.07, 6.45) is 1.15. The number of amides is 1. The fourth-order valence-corrected chi connectivity index (χ4v) is 2.08. The first-order chi connectivity index (χ1) is 10.5. The first-order valence-corrected chi connectivity index (χ1v) is 6.84. The van der Waals surface area contributed by atoms with E-state index in [9.17, 15) is 14.8 Å². The zero-order chi connectivity index (χ0) is 16.1. The summed E-state index contributed by atoms with van der Waals surface area (Å²) in [6, 6.07) is 9.00. The second kappa shape index (κ2) is 7.11. The van der Waals surface area contributed by atoms with Crippen LogP contribution in [0.15, 0.2) is 42.6 Å². The van der Waals surface area contributed by atoms with Gasteiger partial charge in [0, 0.05) is 12.1 Å². The van der Waals surface area contributed by atoms with Gasteiger partial charge in [-0.05, 0) is 18.2 Å². The van der Waals surface area contributed by atoms with E-state index in [4.69, 9.17) is 27.9 Å². The Morgan fingerprint density at radius 2 is 1.82 bits per heavy atom. The molecule has 6 nitrogen and oxygen atoms in total. The monoisotopic (exact) mass is 340 g/mol. The lowest BCUT2D eigenvalue weighted by Gasteiger charge is -2.09. The van der Waals surface area contributed by atoms with E-state index in [-0.39, 0.29) is 21.4 Å². The number of aromatic nitrogens is 1. The highest BCUT2D eigenvalue weighted by molar-refractivity contribution is 6.39. The average Bonchev–Trinajstić information content (AvgIpc) is 2.49. The van der Waals surface area contributed by atoms with Gasteiger partial charge in [-0.2, -0.15) is 4.73 Å². The number of rotatable bonds is 4. The van der Waals surface area contributed by atoms with E-state index in [1.165, 1.54) is 18.2 Å². The van der Waals surface area contributed by atoms with Crippen LogP contribution >= 0.6 is 23.2 Å². The molecule has 1 aromatic heterocycles. The van der Waals surface area contributed by atoms with E-state index in [1.807, 2.05) is 0 Å². The molecule has 0 unspecified atom stereocenters. The Balaban J connectivity index is 1.96. The maximum absolute atomic E-state index is 11.7. The van der Waals surface area contributed by atoms with E-state index < -0.39 is 18.5 Å². The summed E-state index contributed by atoms with van der Waals surface area (Å²) in [6.45, 7) is -0.574. The second-order valence-electron chi connectivity index (χ2n) is 4.13. The van der Waals surface area contributed by atoms with E-state index in [2.05, 4.69) is 5.32 Å². The maximum Gasteiger partial charge on any atom is 0.405 e. The van der Waals surface area contributed by atoms with Gasteiger partial charge in [-0.1, -0.05) is 29.3 Å². The fraction of sp³-hybridized carbons (Fsp3) is 0.0714. The summed E-state index contributed by atoms with van der Waals surface area (Å²) in [5.74, 6) is -1.53. The van der Waals surface area contributed by atoms with Crippen molar-refractivity contribution in [3.05, 3.63) is 63.5 Å². The van der Waals surface area contributed by atoms with Gasteiger partial charge in [-0.25, -0.2) is 4.79 Å². The number of hydrogen-bond donors (Lipinski definition) is 1. The minimum absolute atomic E-state index is 0.217. The molecule has 0 atom stereocenters. The summed E-state index contributed by atoms with van der Waals surface area (Å²) < 4.78 is 5.12. The molecule has 1 N–H and O–H groups in total. The first-order valence-electron chi connectivity index (χ1n) is 6.08. The Kier molecular flexibility index (Phi) is 5.19. The first kappa shape index (κ1) is 16.1. The summed E-state index contributed by atoms with van der Waals surface area (Å²) in [5, 5.41) is 14.3. The number of hydrogen-bond acceptors (Lipinski definition) is 4. The Labute approximate surface area is 135 Å². The van der Waals surface area contributed by atoms with E-state index >= 15 is 0 Å². The molecule has 0 aliphatic rings. The lowest BCUT2D eigenvalue weighted by Crippen LogP contribution is -2.35. The van der Waals surface area contributed by atoms with Crippen molar-refractivity contribution in [3.63, 3.8) is 0 Å². The summed E-state index contributed by atoms with van der Waals surface area (Å²) >= 11 is 11.8. The number of pyridine rings is 1. The third kappa shape index (κ3) is 3.87. The molecule has 0 spiro atoms. The van der Waals surface area contributed by atoms with E-state index in [1.54, 1.807) is 18.2 Å². The maximum atomic E-state index is 11.7. The number of anilines is 1. The van der Waals surface area contributed by atoms with Gasteiger partial charge >= 0.3 is 11.7 Å². The van der Waals surface area contributed by atoms with Crippen LogP contribution in [0, 0.1) is 5.21 Å². The third-order valence-electron chi connectivity index (χ3n) is 2.59. The van der Waals surface area contributed by atoms with E-state index in [0.29, 0.717) is 4.73 Å². The van der Waals surface area contributed by atoms with Gasteiger partial charge in [0.25, 0.3) is 5.91 Å². The number of nitrogens with one attached hydrogen (secondary N) is 1. The number of halogens is 2. The number of carbonyl (C=O) groups excluding carboxylic acids is 2. The van der Waals surface area contributed by atoms with Gasteiger partial charge in [-0.15, -0.1) is 0 Å². The number of nitrogens with zero attached hydrogens (tertiary/aromatic N) is 1.